The molecule has 3 N–H and O–H groups in total. The fourth-order valence-electron chi connectivity index (χ4n) is 2.25. The van der Waals surface area contributed by atoms with Gasteiger partial charge in [0.25, 0.3) is 0 Å². The number of sulfonamides is 1. The van der Waals surface area contributed by atoms with Crippen molar-refractivity contribution in [3.05, 3.63) is 66.0 Å². The highest BCUT2D eigenvalue weighted by Crippen LogP contribution is 2.06. The summed E-state index contributed by atoms with van der Waals surface area (Å²) in [7, 11) is -1.86. The smallest absolute Gasteiger partial charge is 0.240 e. The van der Waals surface area contributed by atoms with Crippen LogP contribution in [0.15, 0.2) is 64.5 Å². The molecule has 0 aliphatic heterocycles. The van der Waals surface area contributed by atoms with E-state index in [2.05, 4.69) is 20.3 Å². The summed E-state index contributed by atoms with van der Waals surface area (Å²) in [6.45, 7) is 1.25. The number of rotatable bonds is 8. The predicted octanol–water partition coefficient (Wildman–Crippen LogP) is 2.13. The van der Waals surface area contributed by atoms with Crippen molar-refractivity contribution in [3.8, 4) is 0 Å². The molecule has 0 radical (unpaired) electrons. The first kappa shape index (κ1) is 23.3. The molecule has 2 rings (SSSR count). The third-order valence-corrected chi connectivity index (χ3v) is 5.08. The van der Waals surface area contributed by atoms with Gasteiger partial charge in [-0.05, 0) is 36.2 Å². The third kappa shape index (κ3) is 8.22. The fourth-order valence-corrected chi connectivity index (χ4v) is 3.30. The first-order valence-electron chi connectivity index (χ1n) is 8.25. The Balaban J connectivity index is 0.00000364. The van der Waals surface area contributed by atoms with Gasteiger partial charge in [0.1, 0.15) is 5.82 Å². The number of halogens is 2. The summed E-state index contributed by atoms with van der Waals surface area (Å²) in [6.07, 6.45) is 0.724. The summed E-state index contributed by atoms with van der Waals surface area (Å²) in [5.41, 5.74) is 1.02. The Morgan fingerprint density at radius 1 is 0.963 bits per heavy atom. The molecule has 0 atom stereocenters. The highest BCUT2D eigenvalue weighted by atomic mass is 127. The Morgan fingerprint density at radius 2 is 1.59 bits per heavy atom. The zero-order valence-electron chi connectivity index (χ0n) is 15.0. The molecule has 0 heterocycles. The van der Waals surface area contributed by atoms with Crippen molar-refractivity contribution in [1.82, 2.24) is 15.4 Å². The van der Waals surface area contributed by atoms with Crippen LogP contribution in [0.25, 0.3) is 0 Å². The quantitative estimate of drug-likeness (QED) is 0.222. The average molecular weight is 506 g/mol. The highest BCUT2D eigenvalue weighted by Gasteiger charge is 2.11. The van der Waals surface area contributed by atoms with Crippen LogP contribution in [0.3, 0.4) is 0 Å². The fraction of sp³-hybridized carbons (Fsp3) is 0.278. The zero-order valence-corrected chi connectivity index (χ0v) is 18.1. The molecule has 0 fully saturated rings. The van der Waals surface area contributed by atoms with Crippen LogP contribution in [-0.2, 0) is 16.4 Å². The molecule has 0 spiro atoms. The van der Waals surface area contributed by atoms with E-state index in [0.29, 0.717) is 19.0 Å². The van der Waals surface area contributed by atoms with E-state index >= 15 is 0 Å². The molecule has 0 bridgehead atoms. The molecule has 2 aromatic carbocycles. The summed E-state index contributed by atoms with van der Waals surface area (Å²) in [5.74, 6) is 0.322. The van der Waals surface area contributed by atoms with Crippen LogP contribution >= 0.6 is 24.0 Å². The van der Waals surface area contributed by atoms with Gasteiger partial charge in [0.2, 0.25) is 10.0 Å². The zero-order chi connectivity index (χ0) is 18.8. The van der Waals surface area contributed by atoms with Crippen molar-refractivity contribution in [2.45, 2.75) is 11.3 Å². The molecule has 0 saturated heterocycles. The average Bonchev–Trinajstić information content (AvgIpc) is 2.66. The lowest BCUT2D eigenvalue weighted by Crippen LogP contribution is -2.42. The van der Waals surface area contributed by atoms with Gasteiger partial charge in [-0.3, -0.25) is 4.99 Å². The third-order valence-electron chi connectivity index (χ3n) is 3.61. The Bertz CT molecular complexity index is 815. The second-order valence-corrected chi connectivity index (χ2v) is 7.28. The standard InChI is InChI=1S/C18H23FN4O2S.HI/c1-20-18(21-12-11-15-7-9-16(19)10-8-15)22-13-14-23-26(24,25)17-5-3-2-4-6-17;/h2-10,23H,11-14H2,1H3,(H2,20,21,22);1H. The van der Waals surface area contributed by atoms with Gasteiger partial charge in [-0.2, -0.15) is 0 Å². The molecular formula is C18H24FIN4O2S. The minimum Gasteiger partial charge on any atom is -0.356 e. The van der Waals surface area contributed by atoms with Gasteiger partial charge >= 0.3 is 0 Å². The van der Waals surface area contributed by atoms with Crippen molar-refractivity contribution in [1.29, 1.82) is 0 Å². The Kier molecular flexibility index (Phi) is 10.3. The van der Waals surface area contributed by atoms with E-state index in [1.165, 1.54) is 12.1 Å². The Morgan fingerprint density at radius 3 is 2.22 bits per heavy atom. The maximum Gasteiger partial charge on any atom is 0.240 e. The van der Waals surface area contributed by atoms with Crippen LogP contribution in [0.4, 0.5) is 4.39 Å². The number of hydrogen-bond donors (Lipinski definition) is 3. The van der Waals surface area contributed by atoms with Crippen molar-refractivity contribution >= 4 is 40.0 Å². The second-order valence-electron chi connectivity index (χ2n) is 5.51. The van der Waals surface area contributed by atoms with Crippen LogP contribution in [0.2, 0.25) is 0 Å². The predicted molar refractivity (Wildman–Crippen MR) is 117 cm³/mol. The molecule has 9 heteroatoms. The topological polar surface area (TPSA) is 82.6 Å². The van der Waals surface area contributed by atoms with Crippen LogP contribution in [0, 0.1) is 5.82 Å². The SMILES string of the molecule is CN=C(NCCNS(=O)(=O)c1ccccc1)NCCc1ccc(F)cc1.I. The Hall–Kier alpha value is -1.72. The van der Waals surface area contributed by atoms with Gasteiger partial charge in [-0.15, -0.1) is 24.0 Å². The van der Waals surface area contributed by atoms with Gasteiger partial charge in [-0.25, -0.2) is 17.5 Å². The van der Waals surface area contributed by atoms with E-state index in [1.54, 1.807) is 49.5 Å². The molecule has 0 aliphatic carbocycles. The number of nitrogens with zero attached hydrogens (tertiary/aromatic N) is 1. The molecule has 27 heavy (non-hydrogen) atoms. The molecule has 0 amide bonds. The van der Waals surface area contributed by atoms with E-state index in [-0.39, 0.29) is 41.2 Å². The lowest BCUT2D eigenvalue weighted by Gasteiger charge is -2.12. The minimum atomic E-state index is -3.50. The monoisotopic (exact) mass is 506 g/mol. The highest BCUT2D eigenvalue weighted by molar-refractivity contribution is 14.0. The van der Waals surface area contributed by atoms with Gasteiger partial charge in [0, 0.05) is 26.7 Å². The van der Waals surface area contributed by atoms with E-state index in [9.17, 15) is 12.8 Å². The summed E-state index contributed by atoms with van der Waals surface area (Å²) in [4.78, 5) is 4.32. The lowest BCUT2D eigenvalue weighted by molar-refractivity contribution is 0.580. The summed E-state index contributed by atoms with van der Waals surface area (Å²) < 4.78 is 39.6. The van der Waals surface area contributed by atoms with E-state index in [4.69, 9.17) is 0 Å². The van der Waals surface area contributed by atoms with Crippen molar-refractivity contribution < 1.29 is 12.8 Å². The first-order chi connectivity index (χ1) is 12.5. The summed E-state index contributed by atoms with van der Waals surface area (Å²) in [5, 5.41) is 6.17. The number of aliphatic imine (C=N–C) groups is 1. The molecule has 148 valence electrons. The van der Waals surface area contributed by atoms with E-state index < -0.39 is 10.0 Å². The first-order valence-corrected chi connectivity index (χ1v) is 9.73. The lowest BCUT2D eigenvalue weighted by atomic mass is 10.1. The summed E-state index contributed by atoms with van der Waals surface area (Å²) >= 11 is 0. The van der Waals surface area contributed by atoms with Gasteiger partial charge in [-0.1, -0.05) is 30.3 Å². The number of hydrogen-bond acceptors (Lipinski definition) is 3. The van der Waals surface area contributed by atoms with Gasteiger partial charge in [0.05, 0.1) is 4.90 Å². The molecule has 0 aliphatic rings. The largest absolute Gasteiger partial charge is 0.356 e. The van der Waals surface area contributed by atoms with Crippen molar-refractivity contribution in [2.24, 2.45) is 4.99 Å². The van der Waals surface area contributed by atoms with E-state index in [1.807, 2.05) is 0 Å². The maximum absolute atomic E-state index is 12.9. The number of benzene rings is 2. The maximum atomic E-state index is 12.9. The minimum absolute atomic E-state index is 0. The van der Waals surface area contributed by atoms with Crippen LogP contribution in [0.1, 0.15) is 5.56 Å². The van der Waals surface area contributed by atoms with Gasteiger partial charge in [0.15, 0.2) is 5.96 Å². The van der Waals surface area contributed by atoms with Crippen molar-refractivity contribution in [2.75, 3.05) is 26.7 Å². The summed E-state index contributed by atoms with van der Waals surface area (Å²) in [6, 6.07) is 14.6. The van der Waals surface area contributed by atoms with Crippen molar-refractivity contribution in [3.63, 3.8) is 0 Å². The number of guanidine groups is 1. The van der Waals surface area contributed by atoms with Crippen LogP contribution in [-0.4, -0.2) is 41.1 Å². The molecule has 0 aromatic heterocycles. The second kappa shape index (κ2) is 11.9. The van der Waals surface area contributed by atoms with E-state index in [0.717, 1.165) is 12.0 Å². The van der Waals surface area contributed by atoms with Crippen LogP contribution < -0.4 is 15.4 Å². The molecule has 0 unspecified atom stereocenters. The molecule has 6 nitrogen and oxygen atoms in total. The molecular weight excluding hydrogens is 482 g/mol. The molecule has 0 saturated carbocycles. The van der Waals surface area contributed by atoms with Crippen LogP contribution in [0.5, 0.6) is 0 Å². The molecule has 2 aromatic rings. The normalized spacial score (nSPS) is 11.6. The number of nitrogens with one attached hydrogen (secondary N) is 3. The van der Waals surface area contributed by atoms with Gasteiger partial charge < -0.3 is 10.6 Å². The Labute approximate surface area is 176 Å².